The van der Waals surface area contributed by atoms with Crippen molar-refractivity contribution < 1.29 is 0 Å². The molecular formula is C52H58. The van der Waals surface area contributed by atoms with Crippen LogP contribution in [0.15, 0.2) is 133 Å². The molecule has 52 heavy (non-hydrogen) atoms. The largest absolute Gasteiger partial charge is 0.0635 e. The van der Waals surface area contributed by atoms with E-state index in [0.29, 0.717) is 0 Å². The molecule has 0 radical (unpaired) electrons. The molecule has 0 aromatic heterocycles. The van der Waals surface area contributed by atoms with Gasteiger partial charge in [-0.1, -0.05) is 217 Å². The molecule has 0 nitrogen and oxygen atoms in total. The maximum Gasteiger partial charge on any atom is 0.0635 e. The first kappa shape index (κ1) is 36.0. The van der Waals surface area contributed by atoms with Gasteiger partial charge < -0.3 is 0 Å². The van der Waals surface area contributed by atoms with Crippen LogP contribution in [0.3, 0.4) is 0 Å². The van der Waals surface area contributed by atoms with Gasteiger partial charge in [0, 0.05) is 0 Å². The summed E-state index contributed by atoms with van der Waals surface area (Å²) < 4.78 is 0. The van der Waals surface area contributed by atoms with Crippen LogP contribution >= 0.6 is 0 Å². The Kier molecular flexibility index (Phi) is 8.34. The van der Waals surface area contributed by atoms with Crippen molar-refractivity contribution in [1.82, 2.24) is 0 Å². The first-order valence-electron chi connectivity index (χ1n) is 19.3. The lowest BCUT2D eigenvalue weighted by Crippen LogP contribution is -2.49. The molecule has 6 aromatic carbocycles. The van der Waals surface area contributed by atoms with Crippen LogP contribution in [0.1, 0.15) is 139 Å². The highest BCUT2D eigenvalue weighted by molar-refractivity contribution is 5.98. The second-order valence-corrected chi connectivity index (χ2v) is 19.5. The molecule has 7 rings (SSSR count). The second kappa shape index (κ2) is 12.1. The van der Waals surface area contributed by atoms with E-state index < -0.39 is 10.8 Å². The van der Waals surface area contributed by atoms with Crippen LogP contribution in [0.5, 0.6) is 0 Å². The summed E-state index contributed by atoms with van der Waals surface area (Å²) >= 11 is 0. The molecule has 0 atom stereocenters. The van der Waals surface area contributed by atoms with E-state index >= 15 is 0 Å². The molecule has 0 N–H and O–H groups in total. The third-order valence-electron chi connectivity index (χ3n) is 12.0. The minimum absolute atomic E-state index is 0.0430. The molecule has 0 aliphatic heterocycles. The molecule has 1 aliphatic rings. The van der Waals surface area contributed by atoms with Gasteiger partial charge in [0.2, 0.25) is 0 Å². The fourth-order valence-corrected chi connectivity index (χ4v) is 9.07. The van der Waals surface area contributed by atoms with Crippen LogP contribution in [0, 0.1) is 0 Å². The monoisotopic (exact) mass is 682 g/mol. The lowest BCUT2D eigenvalue weighted by Gasteiger charge is -2.50. The second-order valence-electron chi connectivity index (χ2n) is 19.5. The van der Waals surface area contributed by atoms with Crippen molar-refractivity contribution >= 4 is 10.8 Å². The smallest absolute Gasteiger partial charge is 0.0613 e. The Balaban J connectivity index is 1.71. The van der Waals surface area contributed by atoms with Gasteiger partial charge in [0.1, 0.15) is 0 Å². The van der Waals surface area contributed by atoms with E-state index in [9.17, 15) is 0 Å². The molecule has 0 unspecified atom stereocenters. The van der Waals surface area contributed by atoms with Crippen molar-refractivity contribution in [1.29, 1.82) is 0 Å². The topological polar surface area (TPSA) is 0 Å². The average molecular weight is 683 g/mol. The highest BCUT2D eigenvalue weighted by Crippen LogP contribution is 2.66. The van der Waals surface area contributed by atoms with Gasteiger partial charge in [0.05, 0.1) is 10.8 Å². The number of hydrogen-bond donors (Lipinski definition) is 0. The summed E-state index contributed by atoms with van der Waals surface area (Å²) in [6.45, 7) is 27.8. The number of rotatable bonds is 4. The van der Waals surface area contributed by atoms with E-state index in [-0.39, 0.29) is 21.7 Å². The summed E-state index contributed by atoms with van der Waals surface area (Å²) in [6.07, 6.45) is 0. The molecule has 266 valence electrons. The lowest BCUT2D eigenvalue weighted by atomic mass is 9.50. The first-order valence-corrected chi connectivity index (χ1v) is 19.3. The Morgan fingerprint density at radius 2 is 0.519 bits per heavy atom. The van der Waals surface area contributed by atoms with Crippen molar-refractivity contribution in [3.8, 4) is 0 Å². The molecule has 1 aliphatic carbocycles. The van der Waals surface area contributed by atoms with Crippen LogP contribution in [0.4, 0.5) is 0 Å². The predicted octanol–water partition coefficient (Wildman–Crippen LogP) is 13.7. The van der Waals surface area contributed by atoms with E-state index in [0.717, 1.165) is 0 Å². The zero-order valence-electron chi connectivity index (χ0n) is 33.7. The Morgan fingerprint density at radius 1 is 0.288 bits per heavy atom. The standard InChI is InChI=1S/C52H58/c1-47(2,3)36-19-27-40(28-20-36)51(41-29-21-37(22-30-41)48(4,5)6)44-17-13-15-35-16-14-18-45(46(35)44)52(51,42-31-23-38(24-32-42)49(7,8)9)43-33-25-39(26-34-43)50(10,11)12/h13-34H,1-12H3. The molecule has 0 spiro atoms. The third-order valence-corrected chi connectivity index (χ3v) is 12.0. The van der Waals surface area contributed by atoms with Crippen LogP contribution < -0.4 is 0 Å². The summed E-state index contributed by atoms with van der Waals surface area (Å²) in [5.41, 5.74) is 12.4. The first-order chi connectivity index (χ1) is 24.3. The Labute approximate surface area is 314 Å². The minimum atomic E-state index is -0.588. The van der Waals surface area contributed by atoms with Gasteiger partial charge in [-0.2, -0.15) is 0 Å². The van der Waals surface area contributed by atoms with Crippen LogP contribution in [0.25, 0.3) is 10.8 Å². The van der Waals surface area contributed by atoms with Gasteiger partial charge in [-0.05, 0) is 88.1 Å². The average Bonchev–Trinajstić information content (AvgIpc) is 3.36. The Bertz CT molecular complexity index is 1940. The highest BCUT2D eigenvalue weighted by Gasteiger charge is 2.62. The molecular weight excluding hydrogens is 625 g/mol. The van der Waals surface area contributed by atoms with Gasteiger partial charge in [-0.15, -0.1) is 0 Å². The number of hydrogen-bond acceptors (Lipinski definition) is 0. The molecule has 0 saturated carbocycles. The van der Waals surface area contributed by atoms with Gasteiger partial charge in [0.15, 0.2) is 0 Å². The summed E-state index contributed by atoms with van der Waals surface area (Å²) in [4.78, 5) is 0. The maximum atomic E-state index is 2.45. The van der Waals surface area contributed by atoms with Gasteiger partial charge in [-0.3, -0.25) is 0 Å². The highest BCUT2D eigenvalue weighted by atomic mass is 14.6. The fourth-order valence-electron chi connectivity index (χ4n) is 9.07. The maximum absolute atomic E-state index is 2.45. The molecule has 0 heterocycles. The van der Waals surface area contributed by atoms with E-state index in [2.05, 4.69) is 217 Å². The van der Waals surface area contributed by atoms with Crippen molar-refractivity contribution in [3.05, 3.63) is 189 Å². The summed E-state index contributed by atoms with van der Waals surface area (Å²) in [5.74, 6) is 0. The molecule has 0 amide bonds. The Morgan fingerprint density at radius 3 is 0.731 bits per heavy atom. The molecule has 0 saturated heterocycles. The van der Waals surface area contributed by atoms with Gasteiger partial charge in [-0.25, -0.2) is 0 Å². The van der Waals surface area contributed by atoms with E-state index in [1.54, 1.807) is 0 Å². The normalized spacial score (nSPS) is 15.6. The minimum Gasteiger partial charge on any atom is -0.0613 e. The lowest BCUT2D eigenvalue weighted by molar-refractivity contribution is 0.440. The van der Waals surface area contributed by atoms with Crippen LogP contribution in [-0.4, -0.2) is 0 Å². The van der Waals surface area contributed by atoms with Crippen LogP contribution in [-0.2, 0) is 32.5 Å². The molecule has 0 fully saturated rings. The van der Waals surface area contributed by atoms with E-state index in [1.807, 2.05) is 0 Å². The van der Waals surface area contributed by atoms with E-state index in [1.165, 1.54) is 66.4 Å². The predicted molar refractivity (Wildman–Crippen MR) is 224 cm³/mol. The van der Waals surface area contributed by atoms with Crippen molar-refractivity contribution in [3.63, 3.8) is 0 Å². The van der Waals surface area contributed by atoms with Crippen molar-refractivity contribution in [2.24, 2.45) is 0 Å². The van der Waals surface area contributed by atoms with Gasteiger partial charge in [0.25, 0.3) is 0 Å². The Hall–Kier alpha value is -4.42. The zero-order chi connectivity index (χ0) is 37.5. The van der Waals surface area contributed by atoms with E-state index in [4.69, 9.17) is 0 Å². The zero-order valence-corrected chi connectivity index (χ0v) is 33.7. The van der Waals surface area contributed by atoms with Crippen LogP contribution in [0.2, 0.25) is 0 Å². The van der Waals surface area contributed by atoms with Crippen molar-refractivity contribution in [2.75, 3.05) is 0 Å². The quantitative estimate of drug-likeness (QED) is 0.174. The third kappa shape index (κ3) is 5.48. The molecule has 0 bridgehead atoms. The molecule has 6 aromatic rings. The summed E-state index contributed by atoms with van der Waals surface area (Å²) in [5, 5.41) is 2.65. The molecule has 0 heteroatoms. The SMILES string of the molecule is CC(C)(C)c1ccc(C2(c3ccc(C(C)(C)C)cc3)c3cccc4cccc(c34)C2(c2ccc(C(C)(C)C)cc2)c2ccc(C(C)(C)C)cc2)cc1. The van der Waals surface area contributed by atoms with Gasteiger partial charge >= 0.3 is 0 Å². The summed E-state index contributed by atoms with van der Waals surface area (Å²) in [6, 6.07) is 52.7. The fraction of sp³-hybridized carbons (Fsp3) is 0.346. The van der Waals surface area contributed by atoms with Crippen molar-refractivity contribution in [2.45, 2.75) is 116 Å². The summed E-state index contributed by atoms with van der Waals surface area (Å²) in [7, 11) is 0. The number of benzene rings is 6.